The van der Waals surface area contributed by atoms with Gasteiger partial charge in [0, 0.05) is 56.8 Å². The molecule has 2 rings (SSSR count). The van der Waals surface area contributed by atoms with E-state index in [4.69, 9.17) is 9.47 Å². The summed E-state index contributed by atoms with van der Waals surface area (Å²) in [5.41, 5.74) is -0.975. The summed E-state index contributed by atoms with van der Waals surface area (Å²) in [6.45, 7) is 10.7. The van der Waals surface area contributed by atoms with Gasteiger partial charge in [-0.2, -0.15) is 31.4 Å². The van der Waals surface area contributed by atoms with Crippen molar-refractivity contribution < 1.29 is 44.2 Å². The van der Waals surface area contributed by atoms with E-state index in [1.807, 2.05) is 6.92 Å². The van der Waals surface area contributed by atoms with Crippen LogP contribution in [0.1, 0.15) is 59.1 Å². The third kappa shape index (κ3) is 11.4. The molecule has 0 amide bonds. The summed E-state index contributed by atoms with van der Waals surface area (Å²) in [5.74, 6) is -2.57. The number of halogens is 6. The minimum absolute atomic E-state index is 0.0802. The van der Waals surface area contributed by atoms with Gasteiger partial charge in [0.2, 0.25) is 15.9 Å². The maximum Gasteiger partial charge on any atom is 0.412 e. The molecular weight excluding hydrogens is 602 g/mol. The van der Waals surface area contributed by atoms with E-state index in [-0.39, 0.29) is 38.2 Å². The normalized spacial score (nSPS) is 19.0. The SMILES string of the molecule is C=C(CC(C)CC(=CCC)C(F)(F)F)Oc1cc(C2=CC(C(C)(COC)NS(=O)(=O)CC(F)(F)F)CN=CC2)nn1CC. The van der Waals surface area contributed by atoms with E-state index in [0.717, 1.165) is 0 Å². The molecule has 43 heavy (non-hydrogen) atoms. The second-order valence-corrected chi connectivity index (χ2v) is 12.6. The Balaban J connectivity index is 2.30. The predicted octanol–water partition coefficient (Wildman–Crippen LogP) is 6.47. The lowest BCUT2D eigenvalue weighted by atomic mass is 9.85. The number of nitrogens with one attached hydrogen (secondary N) is 1. The van der Waals surface area contributed by atoms with E-state index in [9.17, 15) is 34.8 Å². The molecule has 0 radical (unpaired) electrons. The molecule has 0 fully saturated rings. The summed E-state index contributed by atoms with van der Waals surface area (Å²) in [6.07, 6.45) is -4.28. The van der Waals surface area contributed by atoms with Crippen molar-refractivity contribution in [2.24, 2.45) is 16.8 Å². The van der Waals surface area contributed by atoms with Crippen LogP contribution in [0.5, 0.6) is 5.88 Å². The Morgan fingerprint density at radius 2 is 1.91 bits per heavy atom. The number of methoxy groups -OCH3 is 1. The van der Waals surface area contributed by atoms with Gasteiger partial charge in [-0.3, -0.25) is 4.99 Å². The van der Waals surface area contributed by atoms with Crippen LogP contribution in [0.4, 0.5) is 26.3 Å². The Kier molecular flexibility index (Phi) is 12.7. The molecule has 0 aromatic carbocycles. The number of aliphatic imine (C=N–C) groups is 1. The van der Waals surface area contributed by atoms with E-state index >= 15 is 0 Å². The topological polar surface area (TPSA) is 94.8 Å². The smallest absolute Gasteiger partial charge is 0.412 e. The maximum absolute atomic E-state index is 13.3. The minimum Gasteiger partial charge on any atom is -0.444 e. The van der Waals surface area contributed by atoms with Gasteiger partial charge in [0.15, 0.2) is 5.75 Å². The van der Waals surface area contributed by atoms with Crippen LogP contribution in [-0.2, 0) is 21.3 Å². The fraction of sp³-hybridized carbons (Fsp3) is 0.643. The van der Waals surface area contributed by atoms with Crippen LogP contribution in [0.25, 0.3) is 5.57 Å². The molecule has 0 aliphatic carbocycles. The van der Waals surface area contributed by atoms with Crippen molar-refractivity contribution in [3.8, 4) is 5.88 Å². The van der Waals surface area contributed by atoms with Crippen LogP contribution in [-0.4, -0.2) is 68.3 Å². The molecule has 1 N–H and O–H groups in total. The third-order valence-electron chi connectivity index (χ3n) is 6.73. The Morgan fingerprint density at radius 1 is 1.23 bits per heavy atom. The van der Waals surface area contributed by atoms with Gasteiger partial charge < -0.3 is 9.47 Å². The Hall–Kier alpha value is -2.65. The summed E-state index contributed by atoms with van der Waals surface area (Å²) < 4.78 is 118. The largest absolute Gasteiger partial charge is 0.444 e. The first kappa shape index (κ1) is 36.5. The van der Waals surface area contributed by atoms with Gasteiger partial charge in [-0.1, -0.05) is 32.6 Å². The van der Waals surface area contributed by atoms with Crippen molar-refractivity contribution in [3.63, 3.8) is 0 Å². The van der Waals surface area contributed by atoms with Crippen molar-refractivity contribution >= 4 is 21.8 Å². The minimum atomic E-state index is -4.93. The first-order chi connectivity index (χ1) is 19.8. The zero-order valence-corrected chi connectivity index (χ0v) is 25.8. The van der Waals surface area contributed by atoms with Crippen molar-refractivity contribution in [2.75, 3.05) is 26.0 Å². The number of aryl methyl sites for hydroxylation is 1. The highest BCUT2D eigenvalue weighted by Gasteiger charge is 2.42. The van der Waals surface area contributed by atoms with Gasteiger partial charge in [-0.25, -0.2) is 17.8 Å². The van der Waals surface area contributed by atoms with Gasteiger partial charge in [0.25, 0.3) is 0 Å². The number of sulfonamides is 1. The standard InChI is InChI=1S/C28H40F6N4O4S/c1-7-9-22(28(32,33)34)13-19(3)12-20(4)42-25-15-24(36-38(25)8-2)21-10-11-35-16-23(14-21)26(5,17-41-6)37-43(39,40)18-27(29,30)31/h9,11,14-15,19,23,37H,4,7-8,10,12-13,16-18H2,1-3,5-6H3. The van der Waals surface area contributed by atoms with Crippen molar-refractivity contribution in [3.05, 3.63) is 41.8 Å². The number of ether oxygens (including phenoxy) is 2. The number of hydrogen-bond acceptors (Lipinski definition) is 6. The second-order valence-electron chi connectivity index (χ2n) is 10.9. The van der Waals surface area contributed by atoms with Gasteiger partial charge in [0.1, 0.15) is 0 Å². The highest BCUT2D eigenvalue weighted by atomic mass is 32.2. The summed E-state index contributed by atoms with van der Waals surface area (Å²) in [7, 11) is -3.45. The molecule has 0 saturated heterocycles. The predicted molar refractivity (Wildman–Crippen MR) is 153 cm³/mol. The number of aromatic nitrogens is 2. The molecule has 1 aliphatic rings. The average Bonchev–Trinajstić information content (AvgIpc) is 3.06. The van der Waals surface area contributed by atoms with E-state index in [1.54, 1.807) is 36.9 Å². The summed E-state index contributed by atoms with van der Waals surface area (Å²) >= 11 is 0. The lowest BCUT2D eigenvalue weighted by Gasteiger charge is -2.35. The zero-order valence-electron chi connectivity index (χ0n) is 25.0. The van der Waals surface area contributed by atoms with E-state index in [2.05, 4.69) is 21.4 Å². The summed E-state index contributed by atoms with van der Waals surface area (Å²) in [5, 5.41) is 4.56. The summed E-state index contributed by atoms with van der Waals surface area (Å²) in [4.78, 5) is 4.31. The second kappa shape index (κ2) is 14.9. The van der Waals surface area contributed by atoms with E-state index in [1.165, 1.54) is 20.1 Å². The molecule has 244 valence electrons. The average molecular weight is 643 g/mol. The van der Waals surface area contributed by atoms with Crippen LogP contribution in [0, 0.1) is 11.8 Å². The number of allylic oxidation sites excluding steroid dienone is 4. The van der Waals surface area contributed by atoms with Crippen molar-refractivity contribution in [1.82, 2.24) is 14.5 Å². The van der Waals surface area contributed by atoms with E-state index in [0.29, 0.717) is 30.1 Å². The number of hydrogen-bond donors (Lipinski definition) is 1. The number of rotatable bonds is 15. The number of alkyl halides is 6. The highest BCUT2D eigenvalue weighted by molar-refractivity contribution is 7.89. The first-order valence-corrected chi connectivity index (χ1v) is 15.4. The molecule has 3 atom stereocenters. The van der Waals surface area contributed by atoms with Crippen molar-refractivity contribution in [2.45, 2.75) is 77.8 Å². The third-order valence-corrected chi connectivity index (χ3v) is 8.21. The van der Waals surface area contributed by atoms with Gasteiger partial charge in [-0.15, -0.1) is 0 Å². The fourth-order valence-electron chi connectivity index (χ4n) is 4.86. The summed E-state index contributed by atoms with van der Waals surface area (Å²) in [6, 6.07) is 1.63. The molecule has 1 aliphatic heterocycles. The molecule has 8 nitrogen and oxygen atoms in total. The van der Waals surface area contributed by atoms with Gasteiger partial charge >= 0.3 is 12.4 Å². The van der Waals surface area contributed by atoms with Crippen LogP contribution in [0.15, 0.2) is 41.1 Å². The lowest BCUT2D eigenvalue weighted by Crippen LogP contribution is -2.56. The molecule has 0 saturated carbocycles. The molecule has 0 spiro atoms. The highest BCUT2D eigenvalue weighted by Crippen LogP contribution is 2.34. The van der Waals surface area contributed by atoms with E-state index < -0.39 is 51.1 Å². The van der Waals surface area contributed by atoms with Crippen molar-refractivity contribution in [1.29, 1.82) is 0 Å². The maximum atomic E-state index is 13.3. The van der Waals surface area contributed by atoms with Crippen LogP contribution < -0.4 is 9.46 Å². The molecule has 3 unspecified atom stereocenters. The number of nitrogens with zero attached hydrogens (tertiary/aromatic N) is 3. The van der Waals surface area contributed by atoms with Crippen LogP contribution in [0.3, 0.4) is 0 Å². The quantitative estimate of drug-likeness (QED) is 0.134. The molecule has 0 bridgehead atoms. The lowest BCUT2D eigenvalue weighted by molar-refractivity contribution is -0.106. The van der Waals surface area contributed by atoms with Gasteiger partial charge in [-0.05, 0) is 38.2 Å². The molecule has 1 aromatic heterocycles. The molecule has 1 aromatic rings. The fourth-order valence-corrected chi connectivity index (χ4v) is 6.28. The Bertz CT molecular complexity index is 1300. The van der Waals surface area contributed by atoms with Gasteiger partial charge in [0.05, 0.1) is 23.6 Å². The Morgan fingerprint density at radius 3 is 2.47 bits per heavy atom. The first-order valence-electron chi connectivity index (χ1n) is 13.8. The Labute approximate surface area is 249 Å². The molecule has 2 heterocycles. The monoisotopic (exact) mass is 642 g/mol. The molecule has 15 heteroatoms. The van der Waals surface area contributed by atoms with Crippen LogP contribution >= 0.6 is 0 Å². The van der Waals surface area contributed by atoms with Crippen LogP contribution in [0.2, 0.25) is 0 Å². The molecular formula is C28H40F6N4O4S. The zero-order chi connectivity index (χ0) is 32.6.